The summed E-state index contributed by atoms with van der Waals surface area (Å²) < 4.78 is 45.2. The molecule has 0 amide bonds. The molecule has 190 valence electrons. The van der Waals surface area contributed by atoms with Crippen LogP contribution in [0.5, 0.6) is 0 Å². The van der Waals surface area contributed by atoms with Gasteiger partial charge in [-0.05, 0) is 40.7 Å². The average molecular weight is 496 g/mol. The van der Waals surface area contributed by atoms with Crippen molar-refractivity contribution < 1.29 is 27.6 Å². The quantitative estimate of drug-likeness (QED) is 0.295. The molecule has 0 saturated heterocycles. The maximum absolute atomic E-state index is 13.2. The Morgan fingerprint density at radius 2 is 1.89 bits per heavy atom. The van der Waals surface area contributed by atoms with Crippen LogP contribution < -0.4 is 10.2 Å². The molecule has 0 unspecified atom stereocenters. The zero-order valence-corrected chi connectivity index (χ0v) is 20.2. The SMILES string of the molecule is CCN(CC)c1ncc(CC(F)(F)F)c(N[C@@H](Cc2c#cc([N+](=O)[O-])cc2)C(=O)OC(C)(C)C)n1. The Kier molecular flexibility index (Phi) is 8.84. The van der Waals surface area contributed by atoms with Crippen LogP contribution in [0.2, 0.25) is 0 Å². The Morgan fingerprint density at radius 1 is 1.23 bits per heavy atom. The number of ether oxygens (including phenoxy) is 1. The van der Waals surface area contributed by atoms with Crippen molar-refractivity contribution in [2.24, 2.45) is 0 Å². The normalized spacial score (nSPS) is 12.5. The first-order chi connectivity index (χ1) is 16.2. The number of aromatic nitrogens is 2. The highest BCUT2D eigenvalue weighted by Gasteiger charge is 2.32. The van der Waals surface area contributed by atoms with Crippen LogP contribution in [0.15, 0.2) is 18.3 Å². The zero-order valence-electron chi connectivity index (χ0n) is 20.2. The molecule has 1 aromatic heterocycles. The standard InChI is InChI=1S/C23H28F3N5O4/c1-6-30(7-2)21-27-14-16(13-23(24,25)26)19(29-21)28-18(20(32)35-22(3,4)5)12-15-8-10-17(11-9-15)31(33)34/h8,10,14,18H,6-7,12-13H2,1-5H3,(H,27,28,29)/t18-/m0/s1. The minimum Gasteiger partial charge on any atom is -0.458 e. The smallest absolute Gasteiger partial charge is 0.393 e. The van der Waals surface area contributed by atoms with Crippen LogP contribution in [-0.4, -0.2) is 51.8 Å². The predicted octanol–water partition coefficient (Wildman–Crippen LogP) is 4.30. The first kappa shape index (κ1) is 27.6. The monoisotopic (exact) mass is 495 g/mol. The second-order valence-corrected chi connectivity index (χ2v) is 8.69. The van der Waals surface area contributed by atoms with Gasteiger partial charge in [-0.25, -0.2) is 9.78 Å². The van der Waals surface area contributed by atoms with Crippen LogP contribution >= 0.6 is 0 Å². The van der Waals surface area contributed by atoms with Crippen molar-refractivity contribution in [2.75, 3.05) is 23.3 Å². The van der Waals surface area contributed by atoms with E-state index in [-0.39, 0.29) is 29.4 Å². The molecular weight excluding hydrogens is 467 g/mol. The fourth-order valence-electron chi connectivity index (χ4n) is 3.11. The summed E-state index contributed by atoms with van der Waals surface area (Å²) in [5.41, 5.74) is -1.03. The number of esters is 1. The van der Waals surface area contributed by atoms with Gasteiger partial charge in [-0.1, -0.05) is 6.07 Å². The van der Waals surface area contributed by atoms with E-state index in [0.717, 1.165) is 6.20 Å². The Bertz CT molecular complexity index is 1020. The van der Waals surface area contributed by atoms with Gasteiger partial charge in [0, 0.05) is 49.0 Å². The number of nitrogens with zero attached hydrogens (tertiary/aromatic N) is 4. The highest BCUT2D eigenvalue weighted by atomic mass is 19.4. The summed E-state index contributed by atoms with van der Waals surface area (Å²) in [6, 6.07) is 6.45. The average Bonchev–Trinajstić information content (AvgIpc) is 2.74. The number of carbonyl (C=O) groups is 1. The third-order valence-electron chi connectivity index (χ3n) is 4.71. The second kappa shape index (κ2) is 11.2. The Labute approximate surface area is 201 Å². The van der Waals surface area contributed by atoms with E-state index in [1.54, 1.807) is 25.7 Å². The van der Waals surface area contributed by atoms with E-state index in [1.807, 2.05) is 13.8 Å². The maximum atomic E-state index is 13.2. The number of hydrogen-bond acceptors (Lipinski definition) is 8. The summed E-state index contributed by atoms with van der Waals surface area (Å²) in [5, 5.41) is 13.7. The molecule has 0 aliphatic rings. The summed E-state index contributed by atoms with van der Waals surface area (Å²) in [6.45, 7) is 9.74. The molecule has 35 heavy (non-hydrogen) atoms. The molecule has 12 heteroatoms. The molecule has 1 N–H and O–H groups in total. The van der Waals surface area contributed by atoms with E-state index in [0.29, 0.717) is 18.7 Å². The van der Waals surface area contributed by atoms with Crippen molar-refractivity contribution in [3.05, 3.63) is 51.7 Å². The largest absolute Gasteiger partial charge is 0.458 e. The molecule has 1 heterocycles. The molecule has 2 rings (SSSR count). The molecule has 0 saturated carbocycles. The van der Waals surface area contributed by atoms with Crippen molar-refractivity contribution in [3.8, 4) is 0 Å². The molecule has 0 spiro atoms. The number of halogens is 3. The van der Waals surface area contributed by atoms with Crippen molar-refractivity contribution in [3.63, 3.8) is 0 Å². The number of rotatable bonds is 10. The Morgan fingerprint density at radius 3 is 2.37 bits per heavy atom. The van der Waals surface area contributed by atoms with E-state index >= 15 is 0 Å². The van der Waals surface area contributed by atoms with Crippen molar-refractivity contribution >= 4 is 23.4 Å². The fraction of sp³-hybridized carbons (Fsp3) is 0.522. The lowest BCUT2D eigenvalue weighted by atomic mass is 10.1. The highest BCUT2D eigenvalue weighted by molar-refractivity contribution is 5.80. The molecule has 1 aromatic carbocycles. The van der Waals surface area contributed by atoms with Crippen molar-refractivity contribution in [1.82, 2.24) is 9.97 Å². The van der Waals surface area contributed by atoms with E-state index in [4.69, 9.17) is 4.74 Å². The van der Waals surface area contributed by atoms with Gasteiger partial charge in [0.25, 0.3) is 0 Å². The molecule has 0 fully saturated rings. The topological polar surface area (TPSA) is 110 Å². The molecule has 1 atom stereocenters. The van der Waals surface area contributed by atoms with Gasteiger partial charge in [0.1, 0.15) is 17.5 Å². The highest BCUT2D eigenvalue weighted by Crippen LogP contribution is 2.27. The van der Waals surface area contributed by atoms with Gasteiger partial charge in [0.05, 0.1) is 11.3 Å². The number of nitrogens with one attached hydrogen (secondary N) is 1. The molecule has 9 nitrogen and oxygen atoms in total. The van der Waals surface area contributed by atoms with Gasteiger partial charge in [-0.15, -0.1) is 0 Å². The Balaban J connectivity index is 2.47. The first-order valence-electron chi connectivity index (χ1n) is 11.0. The van der Waals surface area contributed by atoms with Crippen LogP contribution in [-0.2, 0) is 22.4 Å². The van der Waals surface area contributed by atoms with E-state index < -0.39 is 35.1 Å². The molecule has 2 aromatic rings. The van der Waals surface area contributed by atoms with E-state index in [1.165, 1.54) is 12.1 Å². The van der Waals surface area contributed by atoms with Crippen LogP contribution in [0, 0.1) is 22.2 Å². The molecule has 0 bridgehead atoms. The van der Waals surface area contributed by atoms with Crippen LogP contribution in [0.1, 0.15) is 45.7 Å². The minimum absolute atomic E-state index is 0.0839. The van der Waals surface area contributed by atoms with Gasteiger partial charge in [0.15, 0.2) is 0 Å². The van der Waals surface area contributed by atoms with Gasteiger partial charge in [-0.2, -0.15) is 18.2 Å². The summed E-state index contributed by atoms with van der Waals surface area (Å²) in [4.78, 5) is 33.3. The van der Waals surface area contributed by atoms with Crippen molar-refractivity contribution in [2.45, 2.75) is 65.3 Å². The third-order valence-corrected chi connectivity index (χ3v) is 4.71. The summed E-state index contributed by atoms with van der Waals surface area (Å²) in [6.07, 6.45) is -4.82. The van der Waals surface area contributed by atoms with Crippen molar-refractivity contribution in [1.29, 1.82) is 0 Å². The lowest BCUT2D eigenvalue weighted by molar-refractivity contribution is -0.384. The number of anilines is 2. The molecule has 0 aliphatic carbocycles. The summed E-state index contributed by atoms with van der Waals surface area (Å²) in [5.74, 6) is -0.673. The minimum atomic E-state index is -4.53. The van der Waals surface area contributed by atoms with Gasteiger partial charge >= 0.3 is 17.8 Å². The molecule has 0 aliphatic heterocycles. The third kappa shape index (κ3) is 8.59. The summed E-state index contributed by atoms with van der Waals surface area (Å²) >= 11 is 0. The summed E-state index contributed by atoms with van der Waals surface area (Å²) in [7, 11) is 0. The fourth-order valence-corrected chi connectivity index (χ4v) is 3.11. The van der Waals surface area contributed by atoms with E-state index in [9.17, 15) is 28.1 Å². The van der Waals surface area contributed by atoms with Gasteiger partial charge in [-0.3, -0.25) is 10.1 Å². The molecule has 0 radical (unpaired) electrons. The van der Waals surface area contributed by atoms with Crippen LogP contribution in [0.25, 0.3) is 0 Å². The number of nitro groups is 1. The number of hydrogen-bond donors (Lipinski definition) is 1. The Hall–Kier alpha value is -3.62. The van der Waals surface area contributed by atoms with Crippen LogP contribution in [0.3, 0.4) is 0 Å². The van der Waals surface area contributed by atoms with Gasteiger partial charge < -0.3 is 15.0 Å². The van der Waals surface area contributed by atoms with Crippen LogP contribution in [0.4, 0.5) is 30.6 Å². The first-order valence-corrected chi connectivity index (χ1v) is 11.0. The van der Waals surface area contributed by atoms with E-state index in [2.05, 4.69) is 27.4 Å². The number of alkyl halides is 3. The lowest BCUT2D eigenvalue weighted by Gasteiger charge is -2.26. The maximum Gasteiger partial charge on any atom is 0.393 e. The number of carbonyl (C=O) groups excluding carboxylic acids is 1. The zero-order chi connectivity index (χ0) is 26.4. The lowest BCUT2D eigenvalue weighted by Crippen LogP contribution is -2.39. The molecular formula is C23H28F3N5O4. The van der Waals surface area contributed by atoms with Gasteiger partial charge in [0.2, 0.25) is 5.95 Å². The predicted molar refractivity (Wildman–Crippen MR) is 123 cm³/mol. The second-order valence-electron chi connectivity index (χ2n) is 8.69.